The molecule has 0 saturated heterocycles. The number of carbonyl (C=O) groups excluding carboxylic acids is 3. The van der Waals surface area contributed by atoms with Gasteiger partial charge in [0.25, 0.3) is 11.8 Å². The Morgan fingerprint density at radius 3 is 2.13 bits per heavy atom. The smallest absolute Gasteiger partial charge is 0.412 e. The molecule has 164 valence electrons. The molecular weight excluding hydrogens is 401 g/mol. The number of halogens is 1. The van der Waals surface area contributed by atoms with Gasteiger partial charge in [-0.15, -0.1) is 0 Å². The van der Waals surface area contributed by atoms with E-state index < -0.39 is 29.3 Å². The number of benzene rings is 2. The van der Waals surface area contributed by atoms with Crippen LogP contribution in [0.2, 0.25) is 0 Å². The van der Waals surface area contributed by atoms with Gasteiger partial charge in [-0.05, 0) is 51.1 Å². The Labute approximate surface area is 180 Å². The highest BCUT2D eigenvalue weighted by Gasteiger charge is 2.36. The summed E-state index contributed by atoms with van der Waals surface area (Å²) >= 11 is 0. The first kappa shape index (κ1) is 23.7. The maximum atomic E-state index is 13.7. The standard InChI is InChI=1S/C21H20FN3O4.C2H6/c1-21(2,3)29-20(28)24-17-10-12(22)8-9-15(17)16(23)11-25-18(26)13-6-4-5-7-14(13)19(25)27;1-2/h4-10,23H,11H2,1-3H3,(H,24,28);1-2H3. The van der Waals surface area contributed by atoms with Gasteiger partial charge in [-0.3, -0.25) is 19.8 Å². The molecule has 0 atom stereocenters. The van der Waals surface area contributed by atoms with Crippen LogP contribution < -0.4 is 5.32 Å². The molecule has 0 aliphatic carbocycles. The average molecular weight is 427 g/mol. The first-order valence-electron chi connectivity index (χ1n) is 9.89. The second-order valence-electron chi connectivity index (χ2n) is 7.54. The normalized spacial score (nSPS) is 12.6. The molecule has 0 spiro atoms. The molecular formula is C23H26FN3O4. The van der Waals surface area contributed by atoms with E-state index in [0.29, 0.717) is 0 Å². The number of nitrogens with zero attached hydrogens (tertiary/aromatic N) is 1. The summed E-state index contributed by atoms with van der Waals surface area (Å²) in [5, 5.41) is 10.8. The summed E-state index contributed by atoms with van der Waals surface area (Å²) in [4.78, 5) is 38.0. The number of hydrogen-bond acceptors (Lipinski definition) is 5. The van der Waals surface area contributed by atoms with E-state index in [4.69, 9.17) is 10.1 Å². The molecule has 1 aliphatic rings. The summed E-state index contributed by atoms with van der Waals surface area (Å²) in [6.07, 6.45) is -0.808. The summed E-state index contributed by atoms with van der Waals surface area (Å²) in [6.45, 7) is 8.73. The van der Waals surface area contributed by atoms with Crippen molar-refractivity contribution < 1.29 is 23.5 Å². The molecule has 3 amide bonds. The van der Waals surface area contributed by atoms with Crippen LogP contribution in [0.1, 0.15) is 60.9 Å². The number of ether oxygens (including phenoxy) is 1. The lowest BCUT2D eigenvalue weighted by Crippen LogP contribution is -2.35. The van der Waals surface area contributed by atoms with Crippen molar-refractivity contribution in [3.8, 4) is 0 Å². The van der Waals surface area contributed by atoms with Crippen molar-refractivity contribution >= 4 is 29.3 Å². The van der Waals surface area contributed by atoms with Gasteiger partial charge in [-0.2, -0.15) is 0 Å². The number of imide groups is 1. The minimum Gasteiger partial charge on any atom is -0.444 e. The highest BCUT2D eigenvalue weighted by atomic mass is 19.1. The quantitative estimate of drug-likeness (QED) is 0.537. The van der Waals surface area contributed by atoms with Crippen LogP contribution in [-0.4, -0.2) is 40.7 Å². The second kappa shape index (κ2) is 9.51. The van der Waals surface area contributed by atoms with Gasteiger partial charge in [-0.25, -0.2) is 9.18 Å². The van der Waals surface area contributed by atoms with Crippen molar-refractivity contribution in [1.82, 2.24) is 4.90 Å². The fraction of sp³-hybridized carbons (Fsp3) is 0.304. The van der Waals surface area contributed by atoms with E-state index in [-0.39, 0.29) is 34.6 Å². The summed E-state index contributed by atoms with van der Waals surface area (Å²) in [7, 11) is 0. The van der Waals surface area contributed by atoms with E-state index in [2.05, 4.69) is 5.32 Å². The number of carbonyl (C=O) groups is 3. The summed E-state index contributed by atoms with van der Waals surface area (Å²) in [5.41, 5.74) is -0.154. The van der Waals surface area contributed by atoms with Crippen LogP contribution in [0, 0.1) is 11.2 Å². The summed E-state index contributed by atoms with van der Waals surface area (Å²) in [6, 6.07) is 9.90. The van der Waals surface area contributed by atoms with Crippen molar-refractivity contribution in [2.75, 3.05) is 11.9 Å². The third-order valence-corrected chi connectivity index (χ3v) is 4.14. The highest BCUT2D eigenvalue weighted by Crippen LogP contribution is 2.24. The molecule has 0 fully saturated rings. The van der Waals surface area contributed by atoms with Crippen LogP contribution in [0.4, 0.5) is 14.9 Å². The second-order valence-corrected chi connectivity index (χ2v) is 7.54. The number of rotatable bonds is 4. The molecule has 0 aromatic heterocycles. The Morgan fingerprint density at radius 1 is 1.06 bits per heavy atom. The molecule has 8 heteroatoms. The zero-order valence-electron chi connectivity index (χ0n) is 18.2. The number of nitrogens with one attached hydrogen (secondary N) is 2. The lowest BCUT2D eigenvalue weighted by Gasteiger charge is -2.21. The monoisotopic (exact) mass is 427 g/mol. The van der Waals surface area contributed by atoms with Gasteiger partial charge in [0.05, 0.1) is 29.1 Å². The highest BCUT2D eigenvalue weighted by molar-refractivity contribution is 6.23. The van der Waals surface area contributed by atoms with Crippen LogP contribution in [0.15, 0.2) is 42.5 Å². The van der Waals surface area contributed by atoms with E-state index in [1.807, 2.05) is 13.8 Å². The zero-order valence-corrected chi connectivity index (χ0v) is 18.2. The van der Waals surface area contributed by atoms with Gasteiger partial charge in [0.15, 0.2) is 0 Å². The maximum Gasteiger partial charge on any atom is 0.412 e. The Balaban J connectivity index is 0.00000166. The van der Waals surface area contributed by atoms with Gasteiger partial charge < -0.3 is 10.1 Å². The lowest BCUT2D eigenvalue weighted by molar-refractivity contribution is 0.0631. The Bertz CT molecular complexity index is 993. The molecule has 2 N–H and O–H groups in total. The Hall–Kier alpha value is -3.55. The van der Waals surface area contributed by atoms with Gasteiger partial charge >= 0.3 is 6.09 Å². The van der Waals surface area contributed by atoms with Crippen molar-refractivity contribution in [3.05, 3.63) is 65.0 Å². The van der Waals surface area contributed by atoms with Crippen LogP contribution in [0.5, 0.6) is 0 Å². The number of anilines is 1. The van der Waals surface area contributed by atoms with E-state index >= 15 is 0 Å². The molecule has 2 aromatic carbocycles. The van der Waals surface area contributed by atoms with Crippen LogP contribution in [0.25, 0.3) is 0 Å². The largest absolute Gasteiger partial charge is 0.444 e. The minimum atomic E-state index is -0.808. The molecule has 2 aromatic rings. The predicted octanol–water partition coefficient (Wildman–Crippen LogP) is 4.86. The lowest BCUT2D eigenvalue weighted by atomic mass is 10.1. The van der Waals surface area contributed by atoms with Crippen LogP contribution in [0.3, 0.4) is 0 Å². The third kappa shape index (κ3) is 5.53. The van der Waals surface area contributed by atoms with Crippen LogP contribution >= 0.6 is 0 Å². The minimum absolute atomic E-state index is 0.0147. The molecule has 0 saturated carbocycles. The van der Waals surface area contributed by atoms with Crippen molar-refractivity contribution in [1.29, 1.82) is 5.41 Å². The SMILES string of the molecule is CC.CC(C)(C)OC(=O)Nc1cc(F)ccc1C(=N)CN1C(=O)c2ccccc2C1=O. The number of hydrogen-bond donors (Lipinski definition) is 2. The van der Waals surface area contributed by atoms with Crippen molar-refractivity contribution in [3.63, 3.8) is 0 Å². The van der Waals surface area contributed by atoms with E-state index in [1.165, 1.54) is 6.07 Å². The van der Waals surface area contributed by atoms with E-state index in [9.17, 15) is 18.8 Å². The van der Waals surface area contributed by atoms with Crippen LogP contribution in [-0.2, 0) is 4.74 Å². The number of amides is 3. The molecule has 0 unspecified atom stereocenters. The van der Waals surface area contributed by atoms with E-state index in [0.717, 1.165) is 17.0 Å². The third-order valence-electron chi connectivity index (χ3n) is 4.14. The topological polar surface area (TPSA) is 99.6 Å². The first-order chi connectivity index (χ1) is 14.6. The molecule has 3 rings (SSSR count). The predicted molar refractivity (Wildman–Crippen MR) is 116 cm³/mol. The van der Waals surface area contributed by atoms with E-state index in [1.54, 1.807) is 45.0 Å². The summed E-state index contributed by atoms with van der Waals surface area (Å²) < 4.78 is 18.9. The fourth-order valence-corrected chi connectivity index (χ4v) is 2.92. The van der Waals surface area contributed by atoms with Gasteiger partial charge in [0.2, 0.25) is 0 Å². The first-order valence-corrected chi connectivity index (χ1v) is 9.89. The van der Waals surface area contributed by atoms with Gasteiger partial charge in [0.1, 0.15) is 11.4 Å². The van der Waals surface area contributed by atoms with Crippen molar-refractivity contribution in [2.24, 2.45) is 0 Å². The molecule has 1 aliphatic heterocycles. The molecule has 0 radical (unpaired) electrons. The molecule has 1 heterocycles. The Morgan fingerprint density at radius 2 is 1.61 bits per heavy atom. The van der Waals surface area contributed by atoms with Crippen molar-refractivity contribution in [2.45, 2.75) is 40.2 Å². The average Bonchev–Trinajstić information content (AvgIpc) is 2.93. The zero-order chi connectivity index (χ0) is 23.3. The number of fused-ring (bicyclic) bond motifs is 1. The Kier molecular flexibility index (Phi) is 7.28. The molecule has 31 heavy (non-hydrogen) atoms. The fourth-order valence-electron chi connectivity index (χ4n) is 2.92. The molecule has 7 nitrogen and oxygen atoms in total. The van der Waals surface area contributed by atoms with Gasteiger partial charge in [0, 0.05) is 5.56 Å². The summed E-state index contributed by atoms with van der Waals surface area (Å²) in [5.74, 6) is -1.62. The molecule has 0 bridgehead atoms. The maximum absolute atomic E-state index is 13.7. The van der Waals surface area contributed by atoms with Gasteiger partial charge in [-0.1, -0.05) is 26.0 Å².